The maximum absolute atomic E-state index is 12.3. The van der Waals surface area contributed by atoms with Crippen molar-refractivity contribution in [1.82, 2.24) is 4.90 Å². The molecule has 0 unspecified atom stereocenters. The van der Waals surface area contributed by atoms with Gasteiger partial charge in [0, 0.05) is 13.2 Å². The summed E-state index contributed by atoms with van der Waals surface area (Å²) in [6.45, 7) is 4.71. The van der Waals surface area contributed by atoms with Crippen LogP contribution in [0, 0.1) is 0 Å². The lowest BCUT2D eigenvalue weighted by Crippen LogP contribution is -2.52. The van der Waals surface area contributed by atoms with E-state index >= 15 is 0 Å². The fourth-order valence-electron chi connectivity index (χ4n) is 1.12. The van der Waals surface area contributed by atoms with E-state index in [1.165, 1.54) is 34.8 Å². The van der Waals surface area contributed by atoms with E-state index in [0.29, 0.717) is 0 Å². The van der Waals surface area contributed by atoms with Gasteiger partial charge in [0.1, 0.15) is 12.1 Å². The number of halogens is 3. The molecule has 0 heterocycles. The summed E-state index contributed by atoms with van der Waals surface area (Å²) in [5.74, 6) is -0.665. The van der Waals surface area contributed by atoms with Crippen molar-refractivity contribution in [2.45, 2.75) is 45.5 Å². The maximum atomic E-state index is 12.3. The molecule has 0 aliphatic heterocycles. The van der Waals surface area contributed by atoms with Gasteiger partial charge >= 0.3 is 6.18 Å². The number of carbonyl (C=O) groups is 1. The lowest BCUT2D eigenvalue weighted by atomic mass is 10.1. The van der Waals surface area contributed by atoms with E-state index in [1.807, 2.05) is 0 Å². The SMILES string of the molecule is COC(C)(C)C(=O)N(CC(F)(F)F)C(C)C. The van der Waals surface area contributed by atoms with E-state index in [9.17, 15) is 18.0 Å². The summed E-state index contributed by atoms with van der Waals surface area (Å²) in [5, 5.41) is 0. The van der Waals surface area contributed by atoms with Crippen LogP contribution < -0.4 is 0 Å². The number of ether oxygens (including phenoxy) is 1. The Bertz CT molecular complexity index is 249. The largest absolute Gasteiger partial charge is 0.406 e. The van der Waals surface area contributed by atoms with Gasteiger partial charge in [0.2, 0.25) is 0 Å². The van der Waals surface area contributed by atoms with Gasteiger partial charge < -0.3 is 9.64 Å². The molecule has 0 aliphatic rings. The first-order valence-corrected chi connectivity index (χ1v) is 4.94. The second-order valence-electron chi connectivity index (χ2n) is 4.36. The van der Waals surface area contributed by atoms with Gasteiger partial charge in [-0.05, 0) is 27.7 Å². The van der Waals surface area contributed by atoms with E-state index in [2.05, 4.69) is 0 Å². The molecule has 0 radical (unpaired) electrons. The van der Waals surface area contributed by atoms with Gasteiger partial charge in [-0.15, -0.1) is 0 Å². The summed E-state index contributed by atoms with van der Waals surface area (Å²) in [7, 11) is 1.30. The summed E-state index contributed by atoms with van der Waals surface area (Å²) in [5.41, 5.74) is -1.24. The smallest absolute Gasteiger partial charge is 0.369 e. The summed E-state index contributed by atoms with van der Waals surface area (Å²) in [6.07, 6.45) is -4.40. The average Bonchev–Trinajstić information content (AvgIpc) is 2.11. The quantitative estimate of drug-likeness (QED) is 0.755. The molecule has 0 atom stereocenters. The molecule has 0 aliphatic carbocycles. The van der Waals surface area contributed by atoms with Crippen molar-refractivity contribution >= 4 is 5.91 Å². The molecule has 0 aromatic heterocycles. The predicted octanol–water partition coefficient (Wildman–Crippen LogP) is 2.21. The lowest BCUT2D eigenvalue weighted by Gasteiger charge is -2.34. The van der Waals surface area contributed by atoms with Crippen LogP contribution >= 0.6 is 0 Å². The molecule has 0 bridgehead atoms. The minimum atomic E-state index is -4.40. The molecule has 0 aromatic rings. The first kappa shape index (κ1) is 15.2. The number of carbonyl (C=O) groups excluding carboxylic acids is 1. The van der Waals surface area contributed by atoms with Crippen molar-refractivity contribution in [3.05, 3.63) is 0 Å². The van der Waals surface area contributed by atoms with Crippen molar-refractivity contribution < 1.29 is 22.7 Å². The van der Waals surface area contributed by atoms with Crippen molar-refractivity contribution in [3.63, 3.8) is 0 Å². The van der Waals surface area contributed by atoms with E-state index < -0.39 is 30.3 Å². The average molecular weight is 241 g/mol. The van der Waals surface area contributed by atoms with Gasteiger partial charge in [0.05, 0.1) is 0 Å². The number of rotatable bonds is 4. The number of alkyl halides is 3. The molecule has 0 N–H and O–H groups in total. The first-order valence-electron chi connectivity index (χ1n) is 4.94. The molecule has 0 saturated heterocycles. The Labute approximate surface area is 93.6 Å². The highest BCUT2D eigenvalue weighted by Gasteiger charge is 2.39. The van der Waals surface area contributed by atoms with Crippen molar-refractivity contribution in [2.24, 2.45) is 0 Å². The third kappa shape index (κ3) is 4.38. The molecule has 0 spiro atoms. The maximum Gasteiger partial charge on any atom is 0.406 e. The van der Waals surface area contributed by atoms with Crippen LogP contribution in [0.5, 0.6) is 0 Å². The molecular formula is C10H18F3NO2. The standard InChI is InChI=1S/C10H18F3NO2/c1-7(2)14(6-10(11,12)13)8(15)9(3,4)16-5/h7H,6H2,1-5H3. The van der Waals surface area contributed by atoms with Crippen molar-refractivity contribution in [1.29, 1.82) is 0 Å². The minimum absolute atomic E-state index is 0.524. The number of hydrogen-bond acceptors (Lipinski definition) is 2. The third-order valence-electron chi connectivity index (χ3n) is 2.26. The molecule has 6 heteroatoms. The summed E-state index contributed by atoms with van der Waals surface area (Å²) >= 11 is 0. The van der Waals surface area contributed by atoms with Crippen LogP contribution in [0.1, 0.15) is 27.7 Å². The van der Waals surface area contributed by atoms with E-state index in [4.69, 9.17) is 4.74 Å². The highest BCUT2D eigenvalue weighted by atomic mass is 19.4. The van der Waals surface area contributed by atoms with E-state index in [0.717, 1.165) is 4.90 Å². The predicted molar refractivity (Wildman–Crippen MR) is 54.0 cm³/mol. The topological polar surface area (TPSA) is 29.5 Å². The fourth-order valence-corrected chi connectivity index (χ4v) is 1.12. The van der Waals surface area contributed by atoms with Crippen LogP contribution in [0.3, 0.4) is 0 Å². The lowest BCUT2D eigenvalue weighted by molar-refractivity contribution is -0.176. The van der Waals surface area contributed by atoms with Gasteiger partial charge in [-0.1, -0.05) is 0 Å². The molecule has 0 aromatic carbocycles. The molecular weight excluding hydrogens is 223 g/mol. The van der Waals surface area contributed by atoms with Gasteiger partial charge in [-0.3, -0.25) is 4.79 Å². The Kier molecular flexibility index (Phi) is 4.79. The summed E-state index contributed by atoms with van der Waals surface area (Å²) in [6, 6.07) is -0.524. The Morgan fingerprint density at radius 2 is 1.75 bits per heavy atom. The van der Waals surface area contributed by atoms with Gasteiger partial charge in [0.15, 0.2) is 0 Å². The zero-order valence-electron chi connectivity index (χ0n) is 10.2. The Morgan fingerprint density at radius 1 is 1.31 bits per heavy atom. The molecule has 1 amide bonds. The van der Waals surface area contributed by atoms with Crippen LogP contribution in [0.25, 0.3) is 0 Å². The van der Waals surface area contributed by atoms with Crippen molar-refractivity contribution in [3.8, 4) is 0 Å². The summed E-state index contributed by atoms with van der Waals surface area (Å²) in [4.78, 5) is 12.6. The summed E-state index contributed by atoms with van der Waals surface area (Å²) < 4.78 is 41.7. The van der Waals surface area contributed by atoms with Gasteiger partial charge in [0.25, 0.3) is 5.91 Å². The Morgan fingerprint density at radius 3 is 2.00 bits per heavy atom. The molecule has 16 heavy (non-hydrogen) atoms. The Hall–Kier alpha value is -0.780. The normalized spacial score (nSPS) is 13.1. The van der Waals surface area contributed by atoms with Crippen LogP contribution in [-0.4, -0.2) is 42.3 Å². The first-order chi connectivity index (χ1) is 7.01. The zero-order chi connectivity index (χ0) is 13.1. The van der Waals surface area contributed by atoms with E-state index in [1.54, 1.807) is 0 Å². The molecule has 0 fully saturated rings. The second-order valence-corrected chi connectivity index (χ2v) is 4.36. The number of amides is 1. The van der Waals surface area contributed by atoms with E-state index in [-0.39, 0.29) is 0 Å². The third-order valence-corrected chi connectivity index (χ3v) is 2.26. The second kappa shape index (κ2) is 5.03. The van der Waals surface area contributed by atoms with Crippen LogP contribution in [0.4, 0.5) is 13.2 Å². The number of hydrogen-bond donors (Lipinski definition) is 0. The van der Waals surface area contributed by atoms with Crippen molar-refractivity contribution in [2.75, 3.05) is 13.7 Å². The molecule has 0 saturated carbocycles. The van der Waals surface area contributed by atoms with Crippen LogP contribution in [0.2, 0.25) is 0 Å². The highest BCUT2D eigenvalue weighted by molar-refractivity contribution is 5.84. The monoisotopic (exact) mass is 241 g/mol. The van der Waals surface area contributed by atoms with Crippen LogP contribution in [0.15, 0.2) is 0 Å². The minimum Gasteiger partial charge on any atom is -0.369 e. The fraction of sp³-hybridized carbons (Fsp3) is 0.900. The molecule has 3 nitrogen and oxygen atoms in total. The zero-order valence-corrected chi connectivity index (χ0v) is 10.2. The Balaban J connectivity index is 4.88. The van der Waals surface area contributed by atoms with Gasteiger partial charge in [-0.2, -0.15) is 13.2 Å². The molecule has 0 rings (SSSR count). The number of nitrogens with zero attached hydrogens (tertiary/aromatic N) is 1. The highest BCUT2D eigenvalue weighted by Crippen LogP contribution is 2.21. The number of methoxy groups -OCH3 is 1. The van der Waals surface area contributed by atoms with Gasteiger partial charge in [-0.25, -0.2) is 0 Å². The van der Waals surface area contributed by atoms with Crippen LogP contribution in [-0.2, 0) is 9.53 Å². The molecule has 96 valence electrons.